The maximum absolute atomic E-state index is 13.2. The van der Waals surface area contributed by atoms with Gasteiger partial charge in [-0.2, -0.15) is 0 Å². The van der Waals surface area contributed by atoms with E-state index >= 15 is 0 Å². The highest BCUT2D eigenvalue weighted by Crippen LogP contribution is 2.36. The minimum Gasteiger partial charge on any atom is -0.496 e. The molecule has 0 radical (unpaired) electrons. The molecule has 2 aromatic carbocycles. The van der Waals surface area contributed by atoms with E-state index in [0.717, 1.165) is 22.2 Å². The van der Waals surface area contributed by atoms with Crippen molar-refractivity contribution in [2.45, 2.75) is 32.4 Å². The number of nitro groups is 1. The second-order valence-electron chi connectivity index (χ2n) is 7.07. The molecule has 11 heteroatoms. The molecule has 0 aliphatic carbocycles. The summed E-state index contributed by atoms with van der Waals surface area (Å²) in [6, 6.07) is 9.08. The molecule has 174 valence electrons. The Hall–Kier alpha value is -3.34. The monoisotopic (exact) mass is 465 g/mol. The third kappa shape index (κ3) is 5.47. The number of nitrogens with zero attached hydrogens (tertiary/aromatic N) is 2. The molecule has 0 saturated carbocycles. The number of carbonyl (C=O) groups is 1. The molecule has 0 aliphatic heterocycles. The normalized spacial score (nSPS) is 13.0. The molecule has 0 spiro atoms. The van der Waals surface area contributed by atoms with E-state index in [0.29, 0.717) is 5.75 Å². The van der Waals surface area contributed by atoms with E-state index in [2.05, 4.69) is 5.32 Å². The van der Waals surface area contributed by atoms with E-state index in [1.807, 2.05) is 0 Å². The highest BCUT2D eigenvalue weighted by atomic mass is 32.2. The van der Waals surface area contributed by atoms with Gasteiger partial charge in [-0.1, -0.05) is 25.1 Å². The number of benzene rings is 2. The first-order chi connectivity index (χ1) is 15.0. The van der Waals surface area contributed by atoms with E-state index in [4.69, 9.17) is 9.47 Å². The largest absolute Gasteiger partial charge is 0.496 e. The van der Waals surface area contributed by atoms with E-state index in [9.17, 15) is 23.3 Å². The Morgan fingerprint density at radius 2 is 1.78 bits per heavy atom. The Labute approximate surface area is 187 Å². The fourth-order valence-corrected chi connectivity index (χ4v) is 4.62. The van der Waals surface area contributed by atoms with Crippen LogP contribution in [0.15, 0.2) is 42.5 Å². The van der Waals surface area contributed by atoms with Crippen LogP contribution in [0.2, 0.25) is 0 Å². The van der Waals surface area contributed by atoms with Crippen LogP contribution in [0.4, 0.5) is 11.4 Å². The maximum atomic E-state index is 13.2. The Kier molecular flexibility index (Phi) is 8.03. The van der Waals surface area contributed by atoms with Crippen LogP contribution in [-0.4, -0.2) is 45.8 Å². The topological polar surface area (TPSA) is 128 Å². The van der Waals surface area contributed by atoms with Gasteiger partial charge < -0.3 is 14.8 Å². The lowest BCUT2D eigenvalue weighted by atomic mass is 10.1. The average molecular weight is 466 g/mol. The van der Waals surface area contributed by atoms with Gasteiger partial charge in [-0.15, -0.1) is 0 Å². The number of hydrogen-bond donors (Lipinski definition) is 1. The molecule has 0 fully saturated rings. The summed E-state index contributed by atoms with van der Waals surface area (Å²) in [6.07, 6.45) is 1.05. The van der Waals surface area contributed by atoms with Gasteiger partial charge in [0, 0.05) is 17.7 Å². The van der Waals surface area contributed by atoms with E-state index < -0.39 is 32.9 Å². The minimum absolute atomic E-state index is 0.0869. The molecular formula is C21H27N3O7S. The molecule has 10 nitrogen and oxygen atoms in total. The zero-order valence-electron chi connectivity index (χ0n) is 18.6. The molecule has 0 aromatic heterocycles. The lowest BCUT2D eigenvalue weighted by Gasteiger charge is -2.32. The molecule has 32 heavy (non-hydrogen) atoms. The Morgan fingerprint density at radius 3 is 2.31 bits per heavy atom. The highest BCUT2D eigenvalue weighted by Gasteiger charge is 2.35. The van der Waals surface area contributed by atoms with Gasteiger partial charge in [-0.25, -0.2) is 8.42 Å². The van der Waals surface area contributed by atoms with Gasteiger partial charge in [-0.3, -0.25) is 19.2 Å². The molecule has 2 unspecified atom stereocenters. The van der Waals surface area contributed by atoms with Gasteiger partial charge in [0.05, 0.1) is 31.4 Å². The lowest BCUT2D eigenvalue weighted by molar-refractivity contribution is -0.384. The van der Waals surface area contributed by atoms with Crippen LogP contribution < -0.4 is 19.1 Å². The Morgan fingerprint density at radius 1 is 1.16 bits per heavy atom. The number of nitro benzene ring substituents is 1. The minimum atomic E-state index is -4.02. The Bertz CT molecular complexity index is 1090. The van der Waals surface area contributed by atoms with Crippen LogP contribution in [0.3, 0.4) is 0 Å². The summed E-state index contributed by atoms with van der Waals surface area (Å²) < 4.78 is 36.9. The summed E-state index contributed by atoms with van der Waals surface area (Å²) in [5.41, 5.74) is 0.306. The SMILES string of the molecule is CCC(C(=O)NC(C)c1ccccc1OC)N(c1cc([N+](=O)[O-])ccc1OC)S(C)(=O)=O. The molecule has 1 N–H and O–H groups in total. The van der Waals surface area contributed by atoms with Gasteiger partial charge in [0.15, 0.2) is 0 Å². The second kappa shape index (κ2) is 10.3. The smallest absolute Gasteiger partial charge is 0.271 e. The fourth-order valence-electron chi connectivity index (χ4n) is 3.41. The van der Waals surface area contributed by atoms with Crippen LogP contribution in [0.25, 0.3) is 0 Å². The van der Waals surface area contributed by atoms with Crippen LogP contribution in [0.1, 0.15) is 31.9 Å². The number of ether oxygens (including phenoxy) is 2. The second-order valence-corrected chi connectivity index (χ2v) is 8.93. The Balaban J connectivity index is 2.49. The van der Waals surface area contributed by atoms with Crippen molar-refractivity contribution in [1.82, 2.24) is 5.32 Å². The highest BCUT2D eigenvalue weighted by molar-refractivity contribution is 7.92. The molecule has 0 heterocycles. The summed E-state index contributed by atoms with van der Waals surface area (Å²) in [7, 11) is -1.19. The van der Waals surface area contributed by atoms with Crippen molar-refractivity contribution >= 4 is 27.3 Å². The van der Waals surface area contributed by atoms with Gasteiger partial charge in [0.25, 0.3) is 5.69 Å². The summed E-state index contributed by atoms with van der Waals surface area (Å²) in [5.74, 6) is 0.101. The van der Waals surface area contributed by atoms with Gasteiger partial charge in [0.1, 0.15) is 23.2 Å². The first kappa shape index (κ1) is 24.9. The van der Waals surface area contributed by atoms with Crippen LogP contribution in [-0.2, 0) is 14.8 Å². The summed E-state index contributed by atoms with van der Waals surface area (Å²) >= 11 is 0. The van der Waals surface area contributed by atoms with E-state index in [1.165, 1.54) is 26.4 Å². The van der Waals surface area contributed by atoms with Crippen molar-refractivity contribution in [3.8, 4) is 11.5 Å². The van der Waals surface area contributed by atoms with Gasteiger partial charge >= 0.3 is 0 Å². The molecule has 2 aromatic rings. The third-order valence-electron chi connectivity index (χ3n) is 4.90. The van der Waals surface area contributed by atoms with Crippen molar-refractivity contribution < 1.29 is 27.6 Å². The molecule has 0 bridgehead atoms. The van der Waals surface area contributed by atoms with Crippen LogP contribution in [0, 0.1) is 10.1 Å². The number of nitrogens with one attached hydrogen (secondary N) is 1. The summed E-state index contributed by atoms with van der Waals surface area (Å²) in [5, 5.41) is 14.1. The molecular weight excluding hydrogens is 438 g/mol. The van der Waals surface area contributed by atoms with E-state index in [-0.39, 0.29) is 23.5 Å². The van der Waals surface area contributed by atoms with E-state index in [1.54, 1.807) is 38.1 Å². The number of anilines is 1. The summed E-state index contributed by atoms with van der Waals surface area (Å²) in [4.78, 5) is 23.8. The third-order valence-corrected chi connectivity index (χ3v) is 6.07. The number of carbonyl (C=O) groups excluding carboxylic acids is 1. The van der Waals surface area contributed by atoms with Crippen molar-refractivity contribution in [2.75, 3.05) is 24.8 Å². The number of sulfonamides is 1. The quantitative estimate of drug-likeness (QED) is 0.422. The molecule has 0 saturated heterocycles. The first-order valence-electron chi connectivity index (χ1n) is 9.80. The molecule has 0 aliphatic rings. The number of hydrogen-bond acceptors (Lipinski definition) is 7. The van der Waals surface area contributed by atoms with Crippen LogP contribution in [0.5, 0.6) is 11.5 Å². The molecule has 2 atom stereocenters. The number of methoxy groups -OCH3 is 2. The predicted octanol–water partition coefficient (Wildman–Crippen LogP) is 3.03. The first-order valence-corrected chi connectivity index (χ1v) is 11.6. The number of non-ortho nitro benzene ring substituents is 1. The standard InChI is InChI=1S/C21H27N3O7S/c1-6-17(21(25)22-14(2)16-9-7-8-10-19(16)30-3)23(32(5,28)29)18-13-15(24(26)27)11-12-20(18)31-4/h7-14,17H,6H2,1-5H3,(H,22,25). The number of rotatable bonds is 10. The lowest BCUT2D eigenvalue weighted by Crippen LogP contribution is -2.49. The molecule has 2 rings (SSSR count). The van der Waals surface area contributed by atoms with Crippen molar-refractivity contribution in [3.63, 3.8) is 0 Å². The van der Waals surface area contributed by atoms with Crippen molar-refractivity contribution in [2.24, 2.45) is 0 Å². The maximum Gasteiger partial charge on any atom is 0.271 e. The zero-order valence-corrected chi connectivity index (χ0v) is 19.4. The van der Waals surface area contributed by atoms with Crippen molar-refractivity contribution in [1.29, 1.82) is 0 Å². The van der Waals surface area contributed by atoms with Gasteiger partial charge in [0.2, 0.25) is 15.9 Å². The molecule has 1 amide bonds. The number of para-hydroxylation sites is 1. The number of amides is 1. The predicted molar refractivity (Wildman–Crippen MR) is 121 cm³/mol. The van der Waals surface area contributed by atoms with Gasteiger partial charge in [-0.05, 0) is 25.5 Å². The van der Waals surface area contributed by atoms with Crippen molar-refractivity contribution in [3.05, 3.63) is 58.1 Å². The zero-order chi connectivity index (χ0) is 24.1. The average Bonchev–Trinajstić information content (AvgIpc) is 2.75. The fraction of sp³-hybridized carbons (Fsp3) is 0.381. The summed E-state index contributed by atoms with van der Waals surface area (Å²) in [6.45, 7) is 3.40. The van der Waals surface area contributed by atoms with Crippen LogP contribution >= 0.6 is 0 Å².